The third kappa shape index (κ3) is 3.35. The Morgan fingerprint density at radius 1 is 1.10 bits per heavy atom. The van der Waals surface area contributed by atoms with Crippen molar-refractivity contribution in [3.63, 3.8) is 0 Å². The third-order valence-electron chi connectivity index (χ3n) is 3.19. The van der Waals surface area contributed by atoms with Gasteiger partial charge in [-0.15, -0.1) is 5.10 Å². The molecule has 0 aliphatic heterocycles. The molecule has 0 bridgehead atoms. The van der Waals surface area contributed by atoms with Crippen LogP contribution in [0.4, 0.5) is 0 Å². The van der Waals surface area contributed by atoms with Gasteiger partial charge in [-0.25, -0.2) is 4.68 Å². The molecule has 2 aromatic heterocycles. The predicted molar refractivity (Wildman–Crippen MR) is 79.7 cm³/mol. The second-order valence-electron chi connectivity index (χ2n) is 5.18. The summed E-state index contributed by atoms with van der Waals surface area (Å²) in [4.78, 5) is 2.19. The first kappa shape index (κ1) is 13.5. The zero-order valence-corrected chi connectivity index (χ0v) is 12.2. The first-order valence-electron chi connectivity index (χ1n) is 6.83. The molecule has 0 atom stereocenters. The molecule has 0 fully saturated rings. The lowest BCUT2D eigenvalue weighted by Gasteiger charge is -2.13. The van der Waals surface area contributed by atoms with E-state index in [1.54, 1.807) is 4.68 Å². The number of aromatic nitrogens is 5. The van der Waals surface area contributed by atoms with Crippen LogP contribution in [0.25, 0.3) is 5.69 Å². The summed E-state index contributed by atoms with van der Waals surface area (Å²) in [7, 11) is 3.94. The van der Waals surface area contributed by atoms with Crippen LogP contribution in [0.1, 0.15) is 11.3 Å². The fourth-order valence-corrected chi connectivity index (χ4v) is 2.28. The highest BCUT2D eigenvalue weighted by Gasteiger charge is 2.07. The van der Waals surface area contributed by atoms with E-state index in [-0.39, 0.29) is 0 Å². The predicted octanol–water partition coefficient (Wildman–Crippen LogP) is 1.63. The maximum Gasteiger partial charge on any atom is 0.0967 e. The van der Waals surface area contributed by atoms with Crippen molar-refractivity contribution in [1.29, 1.82) is 0 Å². The normalized spacial score (nSPS) is 11.2. The molecule has 21 heavy (non-hydrogen) atoms. The van der Waals surface area contributed by atoms with Crippen LogP contribution in [0.2, 0.25) is 0 Å². The van der Waals surface area contributed by atoms with Gasteiger partial charge in [0.15, 0.2) is 0 Å². The van der Waals surface area contributed by atoms with E-state index in [4.69, 9.17) is 0 Å². The fraction of sp³-hybridized carbons (Fsp3) is 0.267. The number of aryl methyl sites for hydroxylation is 1. The molecule has 0 saturated heterocycles. The van der Waals surface area contributed by atoms with Crippen LogP contribution in [0.5, 0.6) is 0 Å². The smallest absolute Gasteiger partial charge is 0.0967 e. The first-order valence-corrected chi connectivity index (χ1v) is 6.83. The topological polar surface area (TPSA) is 51.8 Å². The van der Waals surface area contributed by atoms with Crippen molar-refractivity contribution in [3.05, 3.63) is 60.2 Å². The first-order chi connectivity index (χ1) is 10.2. The number of nitrogens with zero attached hydrogens (tertiary/aromatic N) is 6. The molecule has 0 aliphatic rings. The summed E-state index contributed by atoms with van der Waals surface area (Å²) in [5.74, 6) is 0. The fourth-order valence-electron chi connectivity index (χ4n) is 2.28. The lowest BCUT2D eigenvalue weighted by Crippen LogP contribution is -2.17. The molecule has 3 rings (SSSR count). The molecule has 0 radical (unpaired) electrons. The average Bonchev–Trinajstić information content (AvgIpc) is 3.09. The minimum absolute atomic E-state index is 0.768. The number of para-hydroxylation sites is 1. The van der Waals surface area contributed by atoms with Gasteiger partial charge >= 0.3 is 0 Å². The largest absolute Gasteiger partial charge is 0.296 e. The average molecular weight is 282 g/mol. The Morgan fingerprint density at radius 2 is 1.90 bits per heavy atom. The summed E-state index contributed by atoms with van der Waals surface area (Å²) in [6.07, 6.45) is 5.90. The van der Waals surface area contributed by atoms with Crippen molar-refractivity contribution in [3.8, 4) is 5.69 Å². The molecule has 0 aliphatic carbocycles. The van der Waals surface area contributed by atoms with Gasteiger partial charge in [0.2, 0.25) is 0 Å². The number of hydrogen-bond acceptors (Lipinski definition) is 4. The summed E-state index contributed by atoms with van der Waals surface area (Å²) in [5.41, 5.74) is 3.21. The summed E-state index contributed by atoms with van der Waals surface area (Å²) >= 11 is 0. The van der Waals surface area contributed by atoms with Crippen LogP contribution >= 0.6 is 0 Å². The van der Waals surface area contributed by atoms with Gasteiger partial charge in [0.25, 0.3) is 0 Å². The van der Waals surface area contributed by atoms with Gasteiger partial charge in [0.05, 0.1) is 17.6 Å². The van der Waals surface area contributed by atoms with E-state index in [2.05, 4.69) is 33.6 Å². The van der Waals surface area contributed by atoms with Crippen molar-refractivity contribution >= 4 is 0 Å². The van der Waals surface area contributed by atoms with Crippen LogP contribution < -0.4 is 0 Å². The van der Waals surface area contributed by atoms with Crippen molar-refractivity contribution in [1.82, 2.24) is 29.7 Å². The molecule has 1 aromatic carbocycles. The molecule has 0 N–H and O–H groups in total. The Kier molecular flexibility index (Phi) is 3.79. The molecule has 0 unspecified atom stereocenters. The minimum Gasteiger partial charge on any atom is -0.296 e. The zero-order chi connectivity index (χ0) is 14.7. The van der Waals surface area contributed by atoms with Crippen molar-refractivity contribution in [2.24, 2.45) is 7.05 Å². The highest BCUT2D eigenvalue weighted by atomic mass is 15.4. The van der Waals surface area contributed by atoms with Crippen LogP contribution in [-0.2, 0) is 20.1 Å². The molecule has 0 amide bonds. The van der Waals surface area contributed by atoms with E-state index >= 15 is 0 Å². The summed E-state index contributed by atoms with van der Waals surface area (Å²) in [6.45, 7) is 1.59. The Morgan fingerprint density at radius 3 is 2.62 bits per heavy atom. The number of rotatable bonds is 5. The van der Waals surface area contributed by atoms with Gasteiger partial charge in [-0.05, 0) is 19.2 Å². The van der Waals surface area contributed by atoms with Crippen LogP contribution in [-0.4, -0.2) is 36.7 Å². The molecule has 2 heterocycles. The molecule has 0 spiro atoms. The second kappa shape index (κ2) is 5.88. The van der Waals surface area contributed by atoms with Gasteiger partial charge in [-0.3, -0.25) is 9.58 Å². The lowest BCUT2D eigenvalue weighted by atomic mass is 10.3. The zero-order valence-electron chi connectivity index (χ0n) is 12.2. The molecule has 0 saturated carbocycles. The van der Waals surface area contributed by atoms with Gasteiger partial charge in [0.1, 0.15) is 0 Å². The van der Waals surface area contributed by atoms with Gasteiger partial charge in [-0.2, -0.15) is 5.10 Å². The van der Waals surface area contributed by atoms with Gasteiger partial charge < -0.3 is 0 Å². The summed E-state index contributed by atoms with van der Waals surface area (Å²) in [5, 5.41) is 12.5. The highest BCUT2D eigenvalue weighted by molar-refractivity contribution is 5.30. The Bertz CT molecular complexity index is 700. The Balaban J connectivity index is 1.64. The SMILES string of the molecule is CN(Cc1cnn(-c2ccccc2)c1)Cc1cn(C)nn1. The van der Waals surface area contributed by atoms with Crippen LogP contribution in [0.15, 0.2) is 48.9 Å². The standard InChI is InChI=1S/C15H18N6/c1-19(11-14-12-20(2)18-17-14)9-13-8-16-21(10-13)15-6-4-3-5-7-15/h3-8,10,12H,9,11H2,1-2H3. The highest BCUT2D eigenvalue weighted by Crippen LogP contribution is 2.10. The second-order valence-corrected chi connectivity index (χ2v) is 5.18. The summed E-state index contributed by atoms with van der Waals surface area (Å²) < 4.78 is 3.61. The van der Waals surface area contributed by atoms with E-state index in [0.717, 1.165) is 24.5 Å². The number of benzene rings is 1. The van der Waals surface area contributed by atoms with Crippen LogP contribution in [0, 0.1) is 0 Å². The Hall–Kier alpha value is -2.47. The number of hydrogen-bond donors (Lipinski definition) is 0. The van der Waals surface area contributed by atoms with E-state index in [1.807, 2.05) is 54.5 Å². The maximum absolute atomic E-state index is 4.41. The quantitative estimate of drug-likeness (QED) is 0.714. The maximum atomic E-state index is 4.41. The minimum atomic E-state index is 0.768. The van der Waals surface area contributed by atoms with E-state index < -0.39 is 0 Å². The van der Waals surface area contributed by atoms with E-state index in [9.17, 15) is 0 Å². The Labute approximate surface area is 123 Å². The monoisotopic (exact) mass is 282 g/mol. The molecule has 6 nitrogen and oxygen atoms in total. The molecular formula is C15H18N6. The molecule has 3 aromatic rings. The van der Waals surface area contributed by atoms with Gasteiger partial charge in [0, 0.05) is 38.1 Å². The van der Waals surface area contributed by atoms with E-state index in [0.29, 0.717) is 0 Å². The van der Waals surface area contributed by atoms with Gasteiger partial charge in [-0.1, -0.05) is 23.4 Å². The molecular weight excluding hydrogens is 264 g/mol. The molecule has 108 valence electrons. The van der Waals surface area contributed by atoms with Crippen molar-refractivity contribution in [2.45, 2.75) is 13.1 Å². The lowest BCUT2D eigenvalue weighted by molar-refractivity contribution is 0.315. The molecule has 6 heteroatoms. The van der Waals surface area contributed by atoms with Crippen LogP contribution in [0.3, 0.4) is 0 Å². The summed E-state index contributed by atoms with van der Waals surface area (Å²) in [6, 6.07) is 10.1. The van der Waals surface area contributed by atoms with Crippen molar-refractivity contribution < 1.29 is 0 Å². The van der Waals surface area contributed by atoms with E-state index in [1.165, 1.54) is 5.56 Å². The van der Waals surface area contributed by atoms with Crippen molar-refractivity contribution in [2.75, 3.05) is 7.05 Å². The third-order valence-corrected chi connectivity index (χ3v) is 3.19.